The fourth-order valence-corrected chi connectivity index (χ4v) is 2.33. The fourth-order valence-electron chi connectivity index (χ4n) is 2.33. The first kappa shape index (κ1) is 13.5. The van der Waals surface area contributed by atoms with Crippen LogP contribution in [0, 0.1) is 0 Å². The van der Waals surface area contributed by atoms with Crippen LogP contribution in [0.3, 0.4) is 0 Å². The molecule has 0 radical (unpaired) electrons. The molecule has 4 heteroatoms. The second-order valence-electron chi connectivity index (χ2n) is 4.42. The minimum absolute atomic E-state index is 0.528. The van der Waals surface area contributed by atoms with Gasteiger partial charge in [0.25, 0.3) is 0 Å². The average Bonchev–Trinajstić information content (AvgIpc) is 2.29. The third kappa shape index (κ3) is 3.76. The molecule has 0 saturated carbocycles. The van der Waals surface area contributed by atoms with E-state index in [-0.39, 0.29) is 0 Å². The summed E-state index contributed by atoms with van der Waals surface area (Å²) in [6.45, 7) is 6.31. The van der Waals surface area contributed by atoms with Crippen LogP contribution in [0.25, 0.3) is 0 Å². The minimum atomic E-state index is -0.837. The van der Waals surface area contributed by atoms with E-state index in [0.717, 1.165) is 32.2 Å². The van der Waals surface area contributed by atoms with Gasteiger partial charge < -0.3 is 9.84 Å². The summed E-state index contributed by atoms with van der Waals surface area (Å²) in [6, 6.07) is 0.528. The number of morpholine rings is 1. The molecule has 0 aromatic heterocycles. The lowest BCUT2D eigenvalue weighted by atomic mass is 10.0. The van der Waals surface area contributed by atoms with Crippen LogP contribution < -0.4 is 0 Å². The maximum absolute atomic E-state index is 10.9. The fraction of sp³-hybridized carbons (Fsp3) is 0.917. The highest BCUT2D eigenvalue weighted by molar-refractivity contribution is 5.72. The number of ether oxygens (including phenoxy) is 1. The Morgan fingerprint density at radius 1 is 1.44 bits per heavy atom. The molecule has 1 saturated heterocycles. The first-order valence-corrected chi connectivity index (χ1v) is 6.27. The number of carboxylic acids is 1. The standard InChI is InChI=1S/C12H23NO3/c1-3-5-10(6-4-2)13-7-8-16-11(9-13)12(14)15/h10-11H,3-9H2,1-2H3,(H,14,15). The lowest BCUT2D eigenvalue weighted by Crippen LogP contribution is -2.50. The Morgan fingerprint density at radius 3 is 2.56 bits per heavy atom. The molecule has 1 aliphatic rings. The van der Waals surface area contributed by atoms with Gasteiger partial charge in [0.05, 0.1) is 6.61 Å². The molecule has 1 aliphatic heterocycles. The van der Waals surface area contributed by atoms with Crippen molar-refractivity contribution in [3.05, 3.63) is 0 Å². The number of aliphatic carboxylic acids is 1. The second kappa shape index (κ2) is 6.86. The topological polar surface area (TPSA) is 49.8 Å². The Balaban J connectivity index is 2.51. The molecule has 1 fully saturated rings. The van der Waals surface area contributed by atoms with Crippen molar-refractivity contribution in [3.63, 3.8) is 0 Å². The molecule has 0 amide bonds. The van der Waals surface area contributed by atoms with E-state index in [1.807, 2.05) is 0 Å². The second-order valence-corrected chi connectivity index (χ2v) is 4.42. The summed E-state index contributed by atoms with van der Waals surface area (Å²) in [7, 11) is 0. The van der Waals surface area contributed by atoms with Gasteiger partial charge in [0.2, 0.25) is 0 Å². The molecule has 0 spiro atoms. The van der Waals surface area contributed by atoms with Crippen molar-refractivity contribution in [2.24, 2.45) is 0 Å². The summed E-state index contributed by atoms with van der Waals surface area (Å²) in [6.07, 6.45) is 3.98. The largest absolute Gasteiger partial charge is 0.479 e. The summed E-state index contributed by atoms with van der Waals surface area (Å²) in [4.78, 5) is 13.2. The van der Waals surface area contributed by atoms with Gasteiger partial charge in [0.15, 0.2) is 6.10 Å². The van der Waals surface area contributed by atoms with Crippen LogP contribution in [0.5, 0.6) is 0 Å². The van der Waals surface area contributed by atoms with Gasteiger partial charge in [-0.3, -0.25) is 4.90 Å². The molecule has 94 valence electrons. The van der Waals surface area contributed by atoms with Crippen molar-refractivity contribution in [1.29, 1.82) is 0 Å². The van der Waals surface area contributed by atoms with Crippen LogP contribution in [0.4, 0.5) is 0 Å². The van der Waals surface area contributed by atoms with Crippen molar-refractivity contribution in [1.82, 2.24) is 4.90 Å². The molecule has 1 atom stereocenters. The molecule has 16 heavy (non-hydrogen) atoms. The number of nitrogens with zero attached hydrogens (tertiary/aromatic N) is 1. The van der Waals surface area contributed by atoms with Gasteiger partial charge in [0, 0.05) is 19.1 Å². The van der Waals surface area contributed by atoms with Crippen molar-refractivity contribution >= 4 is 5.97 Å². The zero-order chi connectivity index (χ0) is 12.0. The smallest absolute Gasteiger partial charge is 0.334 e. The van der Waals surface area contributed by atoms with E-state index in [4.69, 9.17) is 9.84 Å². The molecule has 0 aliphatic carbocycles. The number of hydrogen-bond acceptors (Lipinski definition) is 3. The Morgan fingerprint density at radius 2 is 2.06 bits per heavy atom. The summed E-state index contributed by atoms with van der Waals surface area (Å²) >= 11 is 0. The quantitative estimate of drug-likeness (QED) is 0.753. The average molecular weight is 229 g/mol. The lowest BCUT2D eigenvalue weighted by molar-refractivity contribution is -0.157. The summed E-state index contributed by atoms with van der Waals surface area (Å²) in [5.74, 6) is -0.837. The highest BCUT2D eigenvalue weighted by atomic mass is 16.5. The van der Waals surface area contributed by atoms with E-state index in [9.17, 15) is 4.79 Å². The van der Waals surface area contributed by atoms with E-state index in [2.05, 4.69) is 18.7 Å². The first-order chi connectivity index (χ1) is 7.69. The van der Waals surface area contributed by atoms with Crippen molar-refractivity contribution in [2.75, 3.05) is 19.7 Å². The molecular formula is C12H23NO3. The zero-order valence-corrected chi connectivity index (χ0v) is 10.3. The monoisotopic (exact) mass is 229 g/mol. The normalized spacial score (nSPS) is 22.6. The summed E-state index contributed by atoms with van der Waals surface area (Å²) in [5, 5.41) is 8.95. The van der Waals surface area contributed by atoms with Crippen LogP contribution in [-0.2, 0) is 9.53 Å². The lowest BCUT2D eigenvalue weighted by Gasteiger charge is -2.37. The van der Waals surface area contributed by atoms with Gasteiger partial charge in [0.1, 0.15) is 0 Å². The maximum Gasteiger partial charge on any atom is 0.334 e. The molecule has 1 unspecified atom stereocenters. The Hall–Kier alpha value is -0.610. The summed E-state index contributed by atoms with van der Waals surface area (Å²) in [5.41, 5.74) is 0. The molecule has 4 nitrogen and oxygen atoms in total. The molecule has 0 aromatic rings. The number of carboxylic acid groups (broad SMARTS) is 1. The van der Waals surface area contributed by atoms with E-state index < -0.39 is 12.1 Å². The van der Waals surface area contributed by atoms with Crippen LogP contribution in [0.1, 0.15) is 39.5 Å². The van der Waals surface area contributed by atoms with Gasteiger partial charge in [-0.2, -0.15) is 0 Å². The molecule has 1 heterocycles. The Kier molecular flexibility index (Phi) is 5.77. The third-order valence-corrected chi connectivity index (χ3v) is 3.13. The van der Waals surface area contributed by atoms with Gasteiger partial charge >= 0.3 is 5.97 Å². The Labute approximate surface area is 97.6 Å². The number of rotatable bonds is 6. The Bertz CT molecular complexity index is 214. The van der Waals surface area contributed by atoms with E-state index in [0.29, 0.717) is 19.2 Å². The first-order valence-electron chi connectivity index (χ1n) is 6.27. The minimum Gasteiger partial charge on any atom is -0.479 e. The maximum atomic E-state index is 10.9. The molecule has 0 bridgehead atoms. The highest BCUT2D eigenvalue weighted by Gasteiger charge is 2.29. The SMILES string of the molecule is CCCC(CCC)N1CCOC(C(=O)O)C1. The van der Waals surface area contributed by atoms with Crippen molar-refractivity contribution < 1.29 is 14.6 Å². The predicted octanol–water partition coefficient (Wildman–Crippen LogP) is 1.74. The van der Waals surface area contributed by atoms with E-state index in [1.165, 1.54) is 0 Å². The van der Waals surface area contributed by atoms with Crippen LogP contribution >= 0.6 is 0 Å². The summed E-state index contributed by atoms with van der Waals surface area (Å²) < 4.78 is 5.23. The number of carbonyl (C=O) groups is 1. The number of hydrogen-bond donors (Lipinski definition) is 1. The van der Waals surface area contributed by atoms with Crippen LogP contribution in [-0.4, -0.2) is 47.8 Å². The molecule has 1 N–H and O–H groups in total. The molecule has 0 aromatic carbocycles. The van der Waals surface area contributed by atoms with Crippen LogP contribution in [0.2, 0.25) is 0 Å². The van der Waals surface area contributed by atoms with E-state index in [1.54, 1.807) is 0 Å². The van der Waals surface area contributed by atoms with Crippen molar-refractivity contribution in [3.8, 4) is 0 Å². The van der Waals surface area contributed by atoms with Gasteiger partial charge in [-0.1, -0.05) is 26.7 Å². The van der Waals surface area contributed by atoms with Crippen molar-refractivity contribution in [2.45, 2.75) is 51.7 Å². The third-order valence-electron chi connectivity index (χ3n) is 3.13. The van der Waals surface area contributed by atoms with Gasteiger partial charge in [-0.05, 0) is 12.8 Å². The zero-order valence-electron chi connectivity index (χ0n) is 10.3. The van der Waals surface area contributed by atoms with Crippen LogP contribution in [0.15, 0.2) is 0 Å². The predicted molar refractivity (Wildman–Crippen MR) is 62.6 cm³/mol. The van der Waals surface area contributed by atoms with Gasteiger partial charge in [-0.15, -0.1) is 0 Å². The molecular weight excluding hydrogens is 206 g/mol. The van der Waals surface area contributed by atoms with Gasteiger partial charge in [-0.25, -0.2) is 4.79 Å². The highest BCUT2D eigenvalue weighted by Crippen LogP contribution is 2.17. The molecule has 1 rings (SSSR count). The van der Waals surface area contributed by atoms with E-state index >= 15 is 0 Å².